The Balaban J connectivity index is 2.37. The molecular weight excluding hydrogens is 316 g/mol. The number of carbonyl (C=O) groups is 5. The third-order valence-corrected chi connectivity index (χ3v) is 3.43. The third-order valence-electron chi connectivity index (χ3n) is 3.43. The van der Waals surface area contributed by atoms with E-state index in [1.807, 2.05) is 0 Å². The Kier molecular flexibility index (Phi) is 7.25. The number of rotatable bonds is 9. The molecule has 0 aromatic heterocycles. The van der Waals surface area contributed by atoms with E-state index >= 15 is 0 Å². The van der Waals surface area contributed by atoms with E-state index in [4.69, 9.17) is 0 Å². The number of Topliss-reactive ketones (excluding diaryl/α,β-unsaturated/α-hetero) is 1. The zero-order chi connectivity index (χ0) is 18.3. The highest BCUT2D eigenvalue weighted by Gasteiger charge is 2.25. The molecule has 0 aliphatic carbocycles. The van der Waals surface area contributed by atoms with Gasteiger partial charge in [0.25, 0.3) is 11.8 Å². The van der Waals surface area contributed by atoms with E-state index in [0.29, 0.717) is 0 Å². The first-order valence-corrected chi connectivity index (χ1v) is 7.56. The normalized spacial score (nSPS) is 16.0. The molecule has 1 aliphatic heterocycles. The Morgan fingerprint density at radius 3 is 2.17 bits per heavy atom. The van der Waals surface area contributed by atoms with Crippen LogP contribution in [0.1, 0.15) is 20.3 Å². The van der Waals surface area contributed by atoms with E-state index in [1.165, 1.54) is 6.92 Å². The van der Waals surface area contributed by atoms with Crippen LogP contribution in [0.25, 0.3) is 0 Å². The lowest BCUT2D eigenvalue weighted by Crippen LogP contribution is -2.50. The summed E-state index contributed by atoms with van der Waals surface area (Å²) >= 11 is 0. The number of nitrogens with zero attached hydrogens (tertiary/aromatic N) is 1. The van der Waals surface area contributed by atoms with Crippen LogP contribution in [-0.2, 0) is 24.0 Å². The van der Waals surface area contributed by atoms with Gasteiger partial charge in [0, 0.05) is 25.1 Å². The van der Waals surface area contributed by atoms with E-state index in [-0.39, 0.29) is 25.3 Å². The van der Waals surface area contributed by atoms with E-state index in [1.54, 1.807) is 14.0 Å². The van der Waals surface area contributed by atoms with Crippen LogP contribution in [0.2, 0.25) is 0 Å². The van der Waals surface area contributed by atoms with E-state index in [0.717, 1.165) is 17.1 Å². The number of nitrogens with one attached hydrogen (secondary N) is 3. The minimum atomic E-state index is -0.842. The Morgan fingerprint density at radius 1 is 1.04 bits per heavy atom. The summed E-state index contributed by atoms with van der Waals surface area (Å²) in [6.45, 7) is 3.12. The molecule has 0 aromatic rings. The van der Waals surface area contributed by atoms with Gasteiger partial charge < -0.3 is 16.0 Å². The molecule has 0 aromatic carbocycles. The van der Waals surface area contributed by atoms with Gasteiger partial charge in [0.15, 0.2) is 5.78 Å². The molecule has 0 bridgehead atoms. The number of hydrogen-bond donors (Lipinski definition) is 3. The number of likely N-dealkylation sites (N-methyl/N-ethyl adjacent to an activating group) is 1. The maximum Gasteiger partial charge on any atom is 0.253 e. The van der Waals surface area contributed by atoms with Crippen molar-refractivity contribution in [3.05, 3.63) is 12.2 Å². The monoisotopic (exact) mass is 338 g/mol. The van der Waals surface area contributed by atoms with Crippen LogP contribution >= 0.6 is 0 Å². The average Bonchev–Trinajstić information content (AvgIpc) is 2.83. The molecule has 0 unspecified atom stereocenters. The summed E-state index contributed by atoms with van der Waals surface area (Å²) < 4.78 is 0. The molecule has 0 radical (unpaired) electrons. The molecule has 1 rings (SSSR count). The van der Waals surface area contributed by atoms with Crippen molar-refractivity contribution in [2.75, 3.05) is 20.1 Å². The van der Waals surface area contributed by atoms with Crippen molar-refractivity contribution in [1.82, 2.24) is 20.9 Å². The maximum atomic E-state index is 11.9. The number of imide groups is 1. The highest BCUT2D eigenvalue weighted by molar-refractivity contribution is 6.13. The molecule has 9 heteroatoms. The van der Waals surface area contributed by atoms with Crippen LogP contribution in [-0.4, -0.2) is 66.5 Å². The molecule has 4 amide bonds. The van der Waals surface area contributed by atoms with Gasteiger partial charge in [-0.1, -0.05) is 0 Å². The zero-order valence-corrected chi connectivity index (χ0v) is 13.9. The van der Waals surface area contributed by atoms with Gasteiger partial charge in [0.1, 0.15) is 6.04 Å². The number of carbonyl (C=O) groups excluding carboxylic acids is 5. The van der Waals surface area contributed by atoms with Crippen molar-refractivity contribution in [2.24, 2.45) is 0 Å². The first-order chi connectivity index (χ1) is 11.3. The lowest BCUT2D eigenvalue weighted by molar-refractivity contribution is -0.137. The maximum absolute atomic E-state index is 11.9. The summed E-state index contributed by atoms with van der Waals surface area (Å²) in [4.78, 5) is 59.0. The summed E-state index contributed by atoms with van der Waals surface area (Å²) in [6.07, 6.45) is 2.17. The van der Waals surface area contributed by atoms with Crippen molar-refractivity contribution in [3.63, 3.8) is 0 Å². The van der Waals surface area contributed by atoms with Crippen LogP contribution in [0, 0.1) is 0 Å². The summed E-state index contributed by atoms with van der Waals surface area (Å²) in [5.74, 6) is -2.07. The minimum absolute atomic E-state index is 0.0537. The molecule has 9 nitrogen and oxygen atoms in total. The fraction of sp³-hybridized carbons (Fsp3) is 0.533. The second-order valence-corrected chi connectivity index (χ2v) is 5.43. The first-order valence-electron chi connectivity index (χ1n) is 7.56. The molecule has 24 heavy (non-hydrogen) atoms. The van der Waals surface area contributed by atoms with E-state index < -0.39 is 35.7 Å². The molecule has 2 atom stereocenters. The Bertz CT molecular complexity index is 554. The lowest BCUT2D eigenvalue weighted by Gasteiger charge is -2.18. The van der Waals surface area contributed by atoms with Crippen molar-refractivity contribution in [1.29, 1.82) is 0 Å². The summed E-state index contributed by atoms with van der Waals surface area (Å²) in [5.41, 5.74) is 0. The standard InChI is InChI=1S/C15H22N4O5/c1-9(11(20)8-16-3)18-15(24)10(2)17-12(21)6-7-19-13(22)4-5-14(19)23/h4-5,9-10,16H,6-8H2,1-3H3,(H,17,21)(H,18,24)/t9-,10-/m0/s1. The van der Waals surface area contributed by atoms with Crippen LogP contribution in [0.15, 0.2) is 12.2 Å². The summed E-state index contributed by atoms with van der Waals surface area (Å²) in [5, 5.41) is 7.67. The molecule has 0 saturated heterocycles. The van der Waals surface area contributed by atoms with Crippen LogP contribution in [0.3, 0.4) is 0 Å². The van der Waals surface area contributed by atoms with Gasteiger partial charge in [-0.05, 0) is 20.9 Å². The highest BCUT2D eigenvalue weighted by Crippen LogP contribution is 2.04. The fourth-order valence-electron chi connectivity index (χ4n) is 1.99. The predicted octanol–water partition coefficient (Wildman–Crippen LogP) is -1.90. The highest BCUT2D eigenvalue weighted by atomic mass is 16.2. The Labute approximate surface area is 139 Å². The van der Waals surface area contributed by atoms with E-state index in [2.05, 4.69) is 16.0 Å². The number of ketones is 1. The molecule has 3 N–H and O–H groups in total. The number of amides is 4. The van der Waals surface area contributed by atoms with Crippen LogP contribution in [0.4, 0.5) is 0 Å². The smallest absolute Gasteiger partial charge is 0.253 e. The second-order valence-electron chi connectivity index (χ2n) is 5.43. The second kappa shape index (κ2) is 8.92. The van der Waals surface area contributed by atoms with Crippen molar-refractivity contribution >= 4 is 29.4 Å². The van der Waals surface area contributed by atoms with Gasteiger partial charge in [-0.3, -0.25) is 28.9 Å². The first kappa shape index (κ1) is 19.5. The molecule has 0 fully saturated rings. The molecule has 0 spiro atoms. The van der Waals surface area contributed by atoms with Gasteiger partial charge >= 0.3 is 0 Å². The third kappa shape index (κ3) is 5.58. The molecule has 0 saturated carbocycles. The summed E-state index contributed by atoms with van der Waals surface area (Å²) in [6, 6.07) is -1.51. The topological polar surface area (TPSA) is 125 Å². The van der Waals surface area contributed by atoms with Gasteiger partial charge in [-0.2, -0.15) is 0 Å². The van der Waals surface area contributed by atoms with Crippen molar-refractivity contribution < 1.29 is 24.0 Å². The number of hydrogen-bond acceptors (Lipinski definition) is 6. The van der Waals surface area contributed by atoms with Crippen molar-refractivity contribution in [2.45, 2.75) is 32.4 Å². The van der Waals surface area contributed by atoms with Crippen LogP contribution in [0.5, 0.6) is 0 Å². The van der Waals surface area contributed by atoms with Gasteiger partial charge in [-0.15, -0.1) is 0 Å². The quantitative estimate of drug-likeness (QED) is 0.422. The SMILES string of the molecule is CNCC(=O)[C@H](C)NC(=O)[C@H](C)NC(=O)CCN1C(=O)C=CC1=O. The Morgan fingerprint density at radius 2 is 1.62 bits per heavy atom. The minimum Gasteiger partial charge on any atom is -0.345 e. The van der Waals surface area contributed by atoms with Gasteiger partial charge in [0.05, 0.1) is 12.6 Å². The molecule has 1 heterocycles. The van der Waals surface area contributed by atoms with E-state index in [9.17, 15) is 24.0 Å². The van der Waals surface area contributed by atoms with Crippen molar-refractivity contribution in [3.8, 4) is 0 Å². The van der Waals surface area contributed by atoms with Gasteiger partial charge in [-0.25, -0.2) is 0 Å². The lowest BCUT2D eigenvalue weighted by atomic mass is 10.2. The molecular formula is C15H22N4O5. The molecule has 1 aliphatic rings. The molecule has 132 valence electrons. The zero-order valence-electron chi connectivity index (χ0n) is 13.9. The average molecular weight is 338 g/mol. The largest absolute Gasteiger partial charge is 0.345 e. The summed E-state index contributed by atoms with van der Waals surface area (Å²) in [7, 11) is 1.63. The fourth-order valence-corrected chi connectivity index (χ4v) is 1.99. The predicted molar refractivity (Wildman–Crippen MR) is 84.6 cm³/mol. The Hall–Kier alpha value is -2.55. The van der Waals surface area contributed by atoms with Gasteiger partial charge in [0.2, 0.25) is 11.8 Å². The van der Waals surface area contributed by atoms with Crippen LogP contribution < -0.4 is 16.0 Å².